The van der Waals surface area contributed by atoms with Gasteiger partial charge in [0.2, 0.25) is 0 Å². The molecule has 2 aromatic rings. The maximum Gasteiger partial charge on any atom is 0.0511 e. The molecule has 0 aliphatic rings. The van der Waals surface area contributed by atoms with Gasteiger partial charge in [-0.2, -0.15) is 0 Å². The molecular weight excluding hydrogens is 392 g/mol. The van der Waals surface area contributed by atoms with Crippen LogP contribution in [0.4, 0.5) is 0 Å². The average molecular weight is 412 g/mol. The van der Waals surface area contributed by atoms with E-state index >= 15 is 0 Å². The Kier molecular flexibility index (Phi) is 5.99. The van der Waals surface area contributed by atoms with Gasteiger partial charge >= 0.3 is 0 Å². The third-order valence-electron chi connectivity index (χ3n) is 3.63. The van der Waals surface area contributed by atoms with E-state index in [-0.39, 0.29) is 6.04 Å². The molecule has 3 N–H and O–H groups in total. The molecule has 0 amide bonds. The first-order valence-corrected chi connectivity index (χ1v) is 8.59. The molecule has 4 heteroatoms. The van der Waals surface area contributed by atoms with Gasteiger partial charge in [0.05, 0.1) is 6.04 Å². The maximum absolute atomic E-state index is 5.76. The summed E-state index contributed by atoms with van der Waals surface area (Å²) >= 11 is 7.08. The van der Waals surface area contributed by atoms with E-state index in [1.54, 1.807) is 0 Å². The van der Waals surface area contributed by atoms with E-state index in [0.29, 0.717) is 5.92 Å². The molecule has 2 aromatic carbocycles. The highest BCUT2D eigenvalue weighted by molar-refractivity contribution is 9.11. The number of hydrogen-bond donors (Lipinski definition) is 2. The van der Waals surface area contributed by atoms with Gasteiger partial charge < -0.3 is 0 Å². The minimum Gasteiger partial charge on any atom is -0.271 e. The second-order valence-corrected chi connectivity index (χ2v) is 7.26. The Morgan fingerprint density at radius 2 is 1.71 bits per heavy atom. The van der Waals surface area contributed by atoms with Crippen LogP contribution in [-0.2, 0) is 6.42 Å². The monoisotopic (exact) mass is 410 g/mol. The molecule has 21 heavy (non-hydrogen) atoms. The Labute approximate surface area is 143 Å². The number of hydrazine groups is 1. The molecule has 0 saturated carbocycles. The third-order valence-corrected chi connectivity index (χ3v) is 4.81. The van der Waals surface area contributed by atoms with Crippen molar-refractivity contribution in [3.05, 3.63) is 68.1 Å². The predicted molar refractivity (Wildman–Crippen MR) is 96.1 cm³/mol. The summed E-state index contributed by atoms with van der Waals surface area (Å²) in [6, 6.07) is 15.0. The quantitative estimate of drug-likeness (QED) is 0.531. The first kappa shape index (κ1) is 16.7. The van der Waals surface area contributed by atoms with Gasteiger partial charge in [0.25, 0.3) is 0 Å². The van der Waals surface area contributed by atoms with Crippen molar-refractivity contribution in [1.29, 1.82) is 0 Å². The second-order valence-electron chi connectivity index (χ2n) is 5.49. The topological polar surface area (TPSA) is 38.0 Å². The largest absolute Gasteiger partial charge is 0.271 e. The molecule has 0 radical (unpaired) electrons. The lowest BCUT2D eigenvalue weighted by Gasteiger charge is -2.18. The zero-order valence-electron chi connectivity index (χ0n) is 12.2. The molecule has 112 valence electrons. The Hall–Kier alpha value is -0.680. The Morgan fingerprint density at radius 1 is 1.05 bits per heavy atom. The lowest BCUT2D eigenvalue weighted by atomic mass is 9.96. The average Bonchev–Trinajstić information content (AvgIpc) is 2.46. The summed E-state index contributed by atoms with van der Waals surface area (Å²) < 4.78 is 2.11. The first-order valence-electron chi connectivity index (χ1n) is 7.01. The minimum atomic E-state index is 0.0809. The van der Waals surface area contributed by atoms with Crippen LogP contribution in [0.1, 0.15) is 42.5 Å². The summed E-state index contributed by atoms with van der Waals surface area (Å²) in [5.41, 5.74) is 6.72. The van der Waals surface area contributed by atoms with Crippen LogP contribution in [0.5, 0.6) is 0 Å². The van der Waals surface area contributed by atoms with Gasteiger partial charge in [0.15, 0.2) is 0 Å². The summed E-state index contributed by atoms with van der Waals surface area (Å²) in [6.45, 7) is 4.41. The Morgan fingerprint density at radius 3 is 2.24 bits per heavy atom. The third kappa shape index (κ3) is 4.39. The van der Waals surface area contributed by atoms with Crippen molar-refractivity contribution >= 4 is 31.9 Å². The molecule has 0 aromatic heterocycles. The maximum atomic E-state index is 5.76. The normalized spacial score (nSPS) is 12.7. The number of nitrogens with two attached hydrogens (primary N) is 1. The molecule has 0 saturated heterocycles. The van der Waals surface area contributed by atoms with Crippen LogP contribution in [0.25, 0.3) is 0 Å². The summed E-state index contributed by atoms with van der Waals surface area (Å²) in [5, 5.41) is 0. The molecular formula is C17H20Br2N2. The minimum absolute atomic E-state index is 0.0809. The van der Waals surface area contributed by atoms with Crippen molar-refractivity contribution in [2.45, 2.75) is 32.2 Å². The number of nitrogens with one attached hydrogen (secondary N) is 1. The Bertz CT molecular complexity index is 594. The van der Waals surface area contributed by atoms with Gasteiger partial charge in [-0.1, -0.05) is 76.0 Å². The summed E-state index contributed by atoms with van der Waals surface area (Å²) in [6.07, 6.45) is 0.856. The molecule has 1 unspecified atom stereocenters. The number of rotatable bonds is 5. The molecule has 2 rings (SSSR count). The number of benzene rings is 2. The van der Waals surface area contributed by atoms with Crippen LogP contribution in [0.2, 0.25) is 0 Å². The van der Waals surface area contributed by atoms with Gasteiger partial charge in [-0.25, -0.2) is 0 Å². The number of hydrogen-bond acceptors (Lipinski definition) is 2. The summed E-state index contributed by atoms with van der Waals surface area (Å²) in [5.74, 6) is 6.31. The van der Waals surface area contributed by atoms with E-state index in [0.717, 1.165) is 20.9 Å². The molecule has 0 aliphatic carbocycles. The molecule has 0 spiro atoms. The Balaban J connectivity index is 2.18. The van der Waals surface area contributed by atoms with Crippen LogP contribution in [0.3, 0.4) is 0 Å². The highest BCUT2D eigenvalue weighted by Gasteiger charge is 2.14. The van der Waals surface area contributed by atoms with E-state index in [1.807, 2.05) is 12.1 Å². The fraction of sp³-hybridized carbons (Fsp3) is 0.294. The lowest BCUT2D eigenvalue weighted by molar-refractivity contribution is 0.550. The first-order chi connectivity index (χ1) is 10.0. The van der Waals surface area contributed by atoms with E-state index in [2.05, 4.69) is 81.5 Å². The zero-order chi connectivity index (χ0) is 15.4. The number of halogens is 2. The van der Waals surface area contributed by atoms with Gasteiger partial charge in [-0.15, -0.1) is 0 Å². The molecule has 2 nitrogen and oxygen atoms in total. The van der Waals surface area contributed by atoms with E-state index in [4.69, 9.17) is 5.84 Å². The molecule has 0 bridgehead atoms. The van der Waals surface area contributed by atoms with Crippen molar-refractivity contribution in [2.75, 3.05) is 0 Å². The lowest BCUT2D eigenvalue weighted by Crippen LogP contribution is -2.29. The van der Waals surface area contributed by atoms with Crippen LogP contribution in [0.15, 0.2) is 51.4 Å². The highest BCUT2D eigenvalue weighted by Crippen LogP contribution is 2.29. The van der Waals surface area contributed by atoms with Crippen LogP contribution in [0, 0.1) is 0 Å². The van der Waals surface area contributed by atoms with E-state index in [9.17, 15) is 0 Å². The SMILES string of the molecule is CC(C)c1ccc(CC(NN)c2ccc(Br)cc2Br)cc1. The predicted octanol–water partition coefficient (Wildman–Crippen LogP) is 5.08. The van der Waals surface area contributed by atoms with Gasteiger partial charge in [0, 0.05) is 8.95 Å². The van der Waals surface area contributed by atoms with Crippen molar-refractivity contribution < 1.29 is 0 Å². The molecule has 0 heterocycles. The van der Waals surface area contributed by atoms with Gasteiger partial charge in [-0.3, -0.25) is 11.3 Å². The second kappa shape index (κ2) is 7.54. The van der Waals surface area contributed by atoms with Crippen molar-refractivity contribution in [3.8, 4) is 0 Å². The van der Waals surface area contributed by atoms with Crippen molar-refractivity contribution in [2.24, 2.45) is 5.84 Å². The van der Waals surface area contributed by atoms with Crippen molar-refractivity contribution in [3.63, 3.8) is 0 Å². The summed E-state index contributed by atoms with van der Waals surface area (Å²) in [4.78, 5) is 0. The van der Waals surface area contributed by atoms with E-state index in [1.165, 1.54) is 11.1 Å². The van der Waals surface area contributed by atoms with Crippen LogP contribution in [-0.4, -0.2) is 0 Å². The molecule has 0 aliphatic heterocycles. The van der Waals surface area contributed by atoms with E-state index < -0.39 is 0 Å². The zero-order valence-corrected chi connectivity index (χ0v) is 15.4. The fourth-order valence-electron chi connectivity index (χ4n) is 2.32. The van der Waals surface area contributed by atoms with Crippen LogP contribution >= 0.6 is 31.9 Å². The molecule has 1 atom stereocenters. The fourth-order valence-corrected chi connectivity index (χ4v) is 3.64. The van der Waals surface area contributed by atoms with Crippen molar-refractivity contribution in [1.82, 2.24) is 5.43 Å². The smallest absolute Gasteiger partial charge is 0.0511 e. The standard InChI is InChI=1S/C17H20Br2N2/c1-11(2)13-5-3-12(4-6-13)9-17(21-20)15-8-7-14(18)10-16(15)19/h3-8,10-11,17,21H,9,20H2,1-2H3. The van der Waals surface area contributed by atoms with Gasteiger partial charge in [-0.05, 0) is 41.2 Å². The molecule has 0 fully saturated rings. The highest BCUT2D eigenvalue weighted by atomic mass is 79.9. The van der Waals surface area contributed by atoms with Crippen LogP contribution < -0.4 is 11.3 Å². The summed E-state index contributed by atoms with van der Waals surface area (Å²) in [7, 11) is 0. The van der Waals surface area contributed by atoms with Gasteiger partial charge in [0.1, 0.15) is 0 Å².